The monoisotopic (exact) mass is 315 g/mol. The van der Waals surface area contributed by atoms with Crippen molar-refractivity contribution in [1.29, 1.82) is 5.41 Å². The number of hydrogen-bond donors (Lipinski definition) is 2. The molecule has 0 atom stereocenters. The second-order valence-corrected chi connectivity index (χ2v) is 6.81. The Morgan fingerprint density at radius 2 is 2.14 bits per heavy atom. The van der Waals surface area contributed by atoms with Gasteiger partial charge in [-0.1, -0.05) is 6.08 Å². The molecule has 21 heavy (non-hydrogen) atoms. The van der Waals surface area contributed by atoms with Crippen LogP contribution in [0.3, 0.4) is 0 Å². The van der Waals surface area contributed by atoms with E-state index in [1.165, 1.54) is 16.7 Å². The lowest BCUT2D eigenvalue weighted by atomic mass is 9.94. The Morgan fingerprint density at radius 3 is 2.95 bits per heavy atom. The second kappa shape index (κ2) is 6.08. The lowest BCUT2D eigenvalue weighted by Crippen LogP contribution is -2.00. The van der Waals surface area contributed by atoms with E-state index in [9.17, 15) is 0 Å². The fourth-order valence-electron chi connectivity index (χ4n) is 2.52. The van der Waals surface area contributed by atoms with Crippen molar-refractivity contribution in [2.24, 2.45) is 0 Å². The molecule has 2 aliphatic rings. The number of thiophene rings is 1. The zero-order valence-electron chi connectivity index (χ0n) is 11.8. The van der Waals surface area contributed by atoms with E-state index in [2.05, 4.69) is 37.8 Å². The lowest BCUT2D eigenvalue weighted by Gasteiger charge is -2.12. The van der Waals surface area contributed by atoms with Crippen LogP contribution in [0.5, 0.6) is 5.06 Å². The number of nitrogens with one attached hydrogen (secondary N) is 1. The van der Waals surface area contributed by atoms with Gasteiger partial charge >= 0.3 is 0 Å². The third-order valence-corrected chi connectivity index (χ3v) is 5.04. The highest BCUT2D eigenvalue weighted by Gasteiger charge is 2.20. The average molecular weight is 315 g/mol. The first-order valence-electron chi connectivity index (χ1n) is 6.96. The summed E-state index contributed by atoms with van der Waals surface area (Å²) in [5.74, 6) is 0.856. The van der Waals surface area contributed by atoms with Gasteiger partial charge in [0.05, 0.1) is 0 Å². The highest BCUT2D eigenvalue weighted by Crippen LogP contribution is 2.41. The standard InChI is InChI=1S/C17H17NOS2/c1-11-15-8-5-12(10-18)9-16(15)17(21-11)19-13-3-2-4-14(20)7-6-13/h3-4,6-7,9-10,18,20H,2,5,8H2,1H3. The summed E-state index contributed by atoms with van der Waals surface area (Å²) in [7, 11) is 0. The molecule has 0 aliphatic heterocycles. The number of aryl methyl sites for hydroxylation is 1. The Labute approximate surface area is 134 Å². The Kier molecular flexibility index (Phi) is 4.17. The molecule has 2 nitrogen and oxygen atoms in total. The van der Waals surface area contributed by atoms with E-state index in [1.54, 1.807) is 11.3 Å². The maximum Gasteiger partial charge on any atom is 0.188 e. The molecule has 0 saturated heterocycles. The summed E-state index contributed by atoms with van der Waals surface area (Å²) in [6.45, 7) is 2.14. The fraction of sp³-hybridized carbons (Fsp3) is 0.235. The molecule has 108 valence electrons. The summed E-state index contributed by atoms with van der Waals surface area (Å²) >= 11 is 6.05. The first kappa shape index (κ1) is 14.4. The first-order chi connectivity index (χ1) is 10.2. The van der Waals surface area contributed by atoms with Crippen LogP contribution in [0.1, 0.15) is 28.8 Å². The first-order valence-corrected chi connectivity index (χ1v) is 8.22. The van der Waals surface area contributed by atoms with Crippen molar-refractivity contribution in [3.63, 3.8) is 0 Å². The molecule has 4 heteroatoms. The predicted octanol–water partition coefficient (Wildman–Crippen LogP) is 5.07. The topological polar surface area (TPSA) is 33.1 Å². The van der Waals surface area contributed by atoms with Crippen molar-refractivity contribution in [3.05, 3.63) is 56.5 Å². The fourth-order valence-corrected chi connectivity index (χ4v) is 3.75. The molecule has 1 aromatic rings. The lowest BCUT2D eigenvalue weighted by molar-refractivity contribution is 0.454. The maximum atomic E-state index is 7.45. The summed E-state index contributed by atoms with van der Waals surface area (Å²) in [5.41, 5.74) is 3.58. The van der Waals surface area contributed by atoms with Crippen molar-refractivity contribution in [2.75, 3.05) is 0 Å². The summed E-state index contributed by atoms with van der Waals surface area (Å²) in [6.07, 6.45) is 14.3. The molecule has 0 bridgehead atoms. The van der Waals surface area contributed by atoms with Crippen LogP contribution in [0, 0.1) is 12.3 Å². The quantitative estimate of drug-likeness (QED) is 0.592. The Bertz CT molecular complexity index is 705. The van der Waals surface area contributed by atoms with Crippen LogP contribution in [-0.4, -0.2) is 6.21 Å². The van der Waals surface area contributed by atoms with Crippen LogP contribution in [0.2, 0.25) is 0 Å². The van der Waals surface area contributed by atoms with Crippen LogP contribution in [0.4, 0.5) is 0 Å². The molecule has 1 heterocycles. The molecular formula is C17H17NOS2. The Balaban J connectivity index is 1.91. The van der Waals surface area contributed by atoms with Gasteiger partial charge in [-0.05, 0) is 61.6 Å². The summed E-state index contributed by atoms with van der Waals surface area (Å²) < 4.78 is 6.10. The van der Waals surface area contributed by atoms with Crippen LogP contribution in [0.15, 0.2) is 40.5 Å². The molecule has 2 aliphatic carbocycles. The van der Waals surface area contributed by atoms with E-state index >= 15 is 0 Å². The van der Waals surface area contributed by atoms with Crippen molar-refractivity contribution in [1.82, 2.24) is 0 Å². The van der Waals surface area contributed by atoms with Gasteiger partial charge < -0.3 is 10.1 Å². The van der Waals surface area contributed by atoms with E-state index in [1.807, 2.05) is 12.2 Å². The van der Waals surface area contributed by atoms with Gasteiger partial charge in [-0.25, -0.2) is 0 Å². The molecule has 0 unspecified atom stereocenters. The van der Waals surface area contributed by atoms with Gasteiger partial charge in [0.1, 0.15) is 5.76 Å². The zero-order valence-corrected chi connectivity index (χ0v) is 13.6. The highest BCUT2D eigenvalue weighted by molar-refractivity contribution is 7.84. The van der Waals surface area contributed by atoms with Crippen LogP contribution >= 0.6 is 24.0 Å². The van der Waals surface area contributed by atoms with E-state index in [-0.39, 0.29) is 0 Å². The molecule has 0 amide bonds. The molecule has 3 rings (SSSR count). The number of rotatable bonds is 3. The predicted molar refractivity (Wildman–Crippen MR) is 93.7 cm³/mol. The third-order valence-electron chi connectivity index (χ3n) is 3.67. The second-order valence-electron chi connectivity index (χ2n) is 5.11. The van der Waals surface area contributed by atoms with Gasteiger partial charge in [0.15, 0.2) is 5.06 Å². The molecular weight excluding hydrogens is 298 g/mol. The summed E-state index contributed by atoms with van der Waals surface area (Å²) in [5, 5.41) is 8.38. The third kappa shape index (κ3) is 3.06. The maximum absolute atomic E-state index is 7.45. The molecule has 0 fully saturated rings. The Hall–Kier alpha value is -1.52. The van der Waals surface area contributed by atoms with Crippen LogP contribution < -0.4 is 4.74 Å². The van der Waals surface area contributed by atoms with Gasteiger partial charge in [-0.2, -0.15) is 0 Å². The van der Waals surface area contributed by atoms with Crippen molar-refractivity contribution >= 4 is 36.3 Å². The number of hydrogen-bond acceptors (Lipinski definition) is 4. The number of ether oxygens (including phenoxy) is 1. The molecule has 1 aromatic heterocycles. The van der Waals surface area contributed by atoms with Crippen LogP contribution in [-0.2, 0) is 6.42 Å². The van der Waals surface area contributed by atoms with Gasteiger partial charge in [0, 0.05) is 21.6 Å². The van der Waals surface area contributed by atoms with E-state index in [0.717, 1.165) is 46.1 Å². The van der Waals surface area contributed by atoms with Crippen molar-refractivity contribution in [2.45, 2.75) is 26.2 Å². The molecule has 1 N–H and O–H groups in total. The van der Waals surface area contributed by atoms with Gasteiger partial charge in [-0.3, -0.25) is 0 Å². The molecule has 0 aromatic carbocycles. The van der Waals surface area contributed by atoms with Crippen molar-refractivity contribution in [3.8, 4) is 5.06 Å². The SMILES string of the molecule is Cc1sc(OC2=CCC=C(S)C=C2)c2c1CCC(C=N)=C2. The van der Waals surface area contributed by atoms with Gasteiger partial charge in [0.25, 0.3) is 0 Å². The molecule has 0 spiro atoms. The van der Waals surface area contributed by atoms with Crippen molar-refractivity contribution < 1.29 is 4.74 Å². The number of thiol groups is 1. The zero-order chi connectivity index (χ0) is 14.8. The summed E-state index contributed by atoms with van der Waals surface area (Å²) in [6, 6.07) is 0. The van der Waals surface area contributed by atoms with E-state index in [0.29, 0.717) is 0 Å². The van der Waals surface area contributed by atoms with Crippen LogP contribution in [0.25, 0.3) is 6.08 Å². The number of fused-ring (bicyclic) bond motifs is 1. The van der Waals surface area contributed by atoms with E-state index < -0.39 is 0 Å². The molecule has 0 saturated carbocycles. The average Bonchev–Trinajstić information content (AvgIpc) is 2.65. The molecule has 0 radical (unpaired) electrons. The largest absolute Gasteiger partial charge is 0.446 e. The van der Waals surface area contributed by atoms with E-state index in [4.69, 9.17) is 10.1 Å². The van der Waals surface area contributed by atoms with Gasteiger partial charge in [-0.15, -0.1) is 24.0 Å². The minimum absolute atomic E-state index is 0.829. The highest BCUT2D eigenvalue weighted by atomic mass is 32.1. The van der Waals surface area contributed by atoms with Gasteiger partial charge in [0.2, 0.25) is 0 Å². The minimum atomic E-state index is 0.829. The minimum Gasteiger partial charge on any atom is -0.446 e. The Morgan fingerprint density at radius 1 is 1.29 bits per heavy atom. The normalized spacial score (nSPS) is 17.3. The smallest absolute Gasteiger partial charge is 0.188 e. The number of allylic oxidation sites excluding steroid dienone is 5. The summed E-state index contributed by atoms with van der Waals surface area (Å²) in [4.78, 5) is 2.27.